The minimum atomic E-state index is -0.994. The van der Waals surface area contributed by atoms with E-state index >= 15 is 0 Å². The highest BCUT2D eigenvalue weighted by atomic mass is 32.1. The van der Waals surface area contributed by atoms with Gasteiger partial charge in [0.2, 0.25) is 0 Å². The number of hydrogen-bond donors (Lipinski definition) is 3. The van der Waals surface area contributed by atoms with Gasteiger partial charge in [-0.3, -0.25) is 0 Å². The second-order valence-corrected chi connectivity index (χ2v) is 4.67. The van der Waals surface area contributed by atoms with Crippen LogP contribution in [0.15, 0.2) is 40.3 Å². The lowest BCUT2D eigenvalue weighted by atomic mass is 10.1. The Morgan fingerprint density at radius 3 is 2.64 bits per heavy atom. The van der Waals surface area contributed by atoms with Gasteiger partial charge >= 0.3 is 5.97 Å². The van der Waals surface area contributed by atoms with E-state index in [2.05, 4.69) is 27.8 Å². The van der Waals surface area contributed by atoms with Crippen LogP contribution in [0.5, 0.6) is 0 Å². The Bertz CT molecular complexity index is 753. The monoisotopic (exact) mass is 323 g/mol. The summed E-state index contributed by atoms with van der Waals surface area (Å²) in [5.41, 5.74) is 6.07. The molecule has 0 saturated carbocycles. The average molecular weight is 323 g/mol. The van der Waals surface area contributed by atoms with Gasteiger partial charge in [-0.15, -0.1) is 12.6 Å². The van der Waals surface area contributed by atoms with Crippen LogP contribution in [0.25, 0.3) is 0 Å². The van der Waals surface area contributed by atoms with Crippen LogP contribution in [-0.4, -0.2) is 13.1 Å². The van der Waals surface area contributed by atoms with Crippen molar-refractivity contribution in [3.63, 3.8) is 0 Å². The molecule has 0 fully saturated rings. The van der Waals surface area contributed by atoms with E-state index in [1.807, 2.05) is 0 Å². The molecule has 0 radical (unpaired) electrons. The normalized spacial score (nSPS) is 10.2. The van der Waals surface area contributed by atoms with Crippen molar-refractivity contribution in [2.45, 2.75) is 4.90 Å². The third-order valence-electron chi connectivity index (χ3n) is 2.87. The van der Waals surface area contributed by atoms with Gasteiger partial charge in [-0.05, 0) is 18.2 Å². The standard InChI is InChI=1S/C14H11F2N3O2S/c1-21-14(20)7-6-10(22)13(19-17)11(16)12(7)18-9-5-3-2-4-8(9)15/h2-6,17-18,22H,1H3. The molecule has 0 aliphatic rings. The summed E-state index contributed by atoms with van der Waals surface area (Å²) in [6.07, 6.45) is 0. The molecule has 2 rings (SSSR count). The smallest absolute Gasteiger partial charge is 0.340 e. The van der Waals surface area contributed by atoms with Crippen LogP contribution in [-0.2, 0) is 4.74 Å². The van der Waals surface area contributed by atoms with E-state index in [0.717, 1.165) is 7.11 Å². The summed E-state index contributed by atoms with van der Waals surface area (Å²) in [5.74, 6) is -2.45. The number of nitrogens with zero attached hydrogens (tertiary/aromatic N) is 1. The van der Waals surface area contributed by atoms with Crippen molar-refractivity contribution in [3.8, 4) is 0 Å². The number of ether oxygens (including phenoxy) is 1. The van der Waals surface area contributed by atoms with Gasteiger partial charge in [-0.1, -0.05) is 12.1 Å². The summed E-state index contributed by atoms with van der Waals surface area (Å²) in [7, 11) is 1.13. The molecule has 2 N–H and O–H groups in total. The van der Waals surface area contributed by atoms with Crippen molar-refractivity contribution < 1.29 is 18.3 Å². The van der Waals surface area contributed by atoms with Crippen molar-refractivity contribution >= 4 is 35.7 Å². The third-order valence-corrected chi connectivity index (χ3v) is 3.21. The molecule has 2 aromatic rings. The zero-order valence-corrected chi connectivity index (χ0v) is 12.2. The Hall–Kier alpha value is -2.48. The number of esters is 1. The van der Waals surface area contributed by atoms with Crippen LogP contribution in [0.4, 0.5) is 25.8 Å². The van der Waals surface area contributed by atoms with Gasteiger partial charge in [0.1, 0.15) is 11.5 Å². The topological polar surface area (TPSA) is 74.5 Å². The van der Waals surface area contributed by atoms with Crippen LogP contribution >= 0.6 is 12.6 Å². The van der Waals surface area contributed by atoms with Crippen molar-refractivity contribution in [2.24, 2.45) is 5.11 Å². The Morgan fingerprint density at radius 1 is 1.36 bits per heavy atom. The highest BCUT2D eigenvalue weighted by Gasteiger charge is 2.22. The van der Waals surface area contributed by atoms with Gasteiger partial charge in [0.25, 0.3) is 0 Å². The van der Waals surface area contributed by atoms with Gasteiger partial charge in [-0.2, -0.15) is 5.11 Å². The maximum Gasteiger partial charge on any atom is 0.340 e. The van der Waals surface area contributed by atoms with Crippen LogP contribution in [0.2, 0.25) is 0 Å². The molecule has 5 nitrogen and oxygen atoms in total. The number of halogens is 2. The second kappa shape index (κ2) is 6.52. The fourth-order valence-electron chi connectivity index (χ4n) is 1.82. The number of benzene rings is 2. The number of anilines is 2. The average Bonchev–Trinajstić information content (AvgIpc) is 2.51. The van der Waals surface area contributed by atoms with E-state index in [4.69, 9.17) is 5.53 Å². The fraction of sp³-hybridized carbons (Fsp3) is 0.0714. The van der Waals surface area contributed by atoms with E-state index in [0.29, 0.717) is 0 Å². The summed E-state index contributed by atoms with van der Waals surface area (Å²) < 4.78 is 32.7. The van der Waals surface area contributed by atoms with Gasteiger partial charge in [0, 0.05) is 4.90 Å². The number of methoxy groups -OCH3 is 1. The lowest BCUT2D eigenvalue weighted by molar-refractivity contribution is 0.0601. The molecule has 0 atom stereocenters. The minimum Gasteiger partial charge on any atom is -0.465 e. The Labute approximate surface area is 130 Å². The molecule has 0 bridgehead atoms. The molecule has 2 aromatic carbocycles. The van der Waals surface area contributed by atoms with Gasteiger partial charge in [-0.25, -0.2) is 19.1 Å². The largest absolute Gasteiger partial charge is 0.465 e. The van der Waals surface area contributed by atoms with Crippen LogP contribution in [0.3, 0.4) is 0 Å². The first-order valence-electron chi connectivity index (χ1n) is 6.02. The molecule has 0 heterocycles. The maximum absolute atomic E-state index is 14.5. The molecule has 114 valence electrons. The van der Waals surface area contributed by atoms with Crippen LogP contribution in [0.1, 0.15) is 10.4 Å². The predicted molar refractivity (Wildman–Crippen MR) is 79.5 cm³/mol. The number of carbonyl (C=O) groups excluding carboxylic acids is 1. The lowest BCUT2D eigenvalue weighted by Crippen LogP contribution is -2.08. The number of hydrogen-bond acceptors (Lipinski definition) is 6. The number of carbonyl (C=O) groups is 1. The molecule has 8 heteroatoms. The quantitative estimate of drug-likeness (QED) is 0.442. The van der Waals surface area contributed by atoms with E-state index in [9.17, 15) is 13.6 Å². The van der Waals surface area contributed by atoms with Gasteiger partial charge < -0.3 is 10.1 Å². The molecule has 0 saturated heterocycles. The summed E-state index contributed by atoms with van der Waals surface area (Å²) in [5, 5.41) is 5.53. The SMILES string of the molecule is COC(=O)c1cc(S)c(N=N)c(F)c1Nc1ccccc1F. The minimum absolute atomic E-state index is 0.00742. The van der Waals surface area contributed by atoms with Crippen LogP contribution < -0.4 is 5.32 Å². The maximum atomic E-state index is 14.5. The Morgan fingerprint density at radius 2 is 2.05 bits per heavy atom. The molecule has 0 unspecified atom stereocenters. The van der Waals surface area contributed by atoms with Crippen molar-refractivity contribution in [1.29, 1.82) is 5.53 Å². The Kier molecular flexibility index (Phi) is 4.71. The molecule has 0 spiro atoms. The van der Waals surface area contributed by atoms with Gasteiger partial charge in [0.15, 0.2) is 5.82 Å². The van der Waals surface area contributed by atoms with Crippen LogP contribution in [0, 0.1) is 17.2 Å². The summed E-state index contributed by atoms with van der Waals surface area (Å²) in [6, 6.07) is 6.78. The zero-order valence-electron chi connectivity index (χ0n) is 11.4. The lowest BCUT2D eigenvalue weighted by Gasteiger charge is -2.14. The molecule has 0 amide bonds. The van der Waals surface area contributed by atoms with Crippen molar-refractivity contribution in [1.82, 2.24) is 0 Å². The molecule has 0 aliphatic heterocycles. The summed E-state index contributed by atoms with van der Waals surface area (Å²) in [6.45, 7) is 0. The van der Waals surface area contributed by atoms with E-state index in [1.165, 1.54) is 24.3 Å². The molecular weight excluding hydrogens is 312 g/mol. The summed E-state index contributed by atoms with van der Waals surface area (Å²) >= 11 is 3.98. The number of rotatable bonds is 4. The molecule has 0 aromatic heterocycles. The van der Waals surface area contributed by atoms with Crippen molar-refractivity contribution in [3.05, 3.63) is 47.5 Å². The number of thiol groups is 1. The summed E-state index contributed by atoms with van der Waals surface area (Å²) in [4.78, 5) is 11.8. The van der Waals surface area contributed by atoms with E-state index in [-0.39, 0.29) is 27.5 Å². The highest BCUT2D eigenvalue weighted by Crippen LogP contribution is 2.37. The van der Waals surface area contributed by atoms with Gasteiger partial charge in [0.05, 0.1) is 24.0 Å². The second-order valence-electron chi connectivity index (χ2n) is 4.19. The van der Waals surface area contributed by atoms with E-state index < -0.39 is 17.6 Å². The fourth-order valence-corrected chi connectivity index (χ4v) is 2.10. The number of para-hydroxylation sites is 1. The predicted octanol–water partition coefficient (Wildman–Crippen LogP) is 4.45. The molecule has 22 heavy (non-hydrogen) atoms. The number of nitrogens with one attached hydrogen (secondary N) is 2. The zero-order chi connectivity index (χ0) is 16.3. The Balaban J connectivity index is 2.64. The first-order valence-corrected chi connectivity index (χ1v) is 6.47. The first kappa shape index (κ1) is 15.9. The highest BCUT2D eigenvalue weighted by molar-refractivity contribution is 7.80. The molecule has 0 aliphatic carbocycles. The third kappa shape index (κ3) is 2.91. The molecular formula is C14H11F2N3O2S. The van der Waals surface area contributed by atoms with Crippen molar-refractivity contribution in [2.75, 3.05) is 12.4 Å². The first-order chi connectivity index (χ1) is 10.5. The van der Waals surface area contributed by atoms with E-state index in [1.54, 1.807) is 6.07 Å².